The van der Waals surface area contributed by atoms with Gasteiger partial charge in [-0.25, -0.2) is 0 Å². The van der Waals surface area contributed by atoms with Gasteiger partial charge in [-0.3, -0.25) is 9.59 Å². The first-order chi connectivity index (χ1) is 9.65. The summed E-state index contributed by atoms with van der Waals surface area (Å²) in [5, 5.41) is 9.12. The molecule has 3 N–H and O–H groups in total. The molecule has 0 aliphatic carbocycles. The van der Waals surface area contributed by atoms with Crippen LogP contribution in [0.25, 0.3) is 0 Å². The van der Waals surface area contributed by atoms with E-state index in [1.165, 1.54) is 0 Å². The van der Waals surface area contributed by atoms with Gasteiger partial charge in [0.05, 0.1) is 0 Å². The topological polar surface area (TPSA) is 70.2 Å². The van der Waals surface area contributed by atoms with E-state index in [1.54, 1.807) is 0 Å². The molecule has 0 bridgehead atoms. The van der Waals surface area contributed by atoms with Gasteiger partial charge >= 0.3 is 11.8 Å². The number of nitrogens with one attached hydrogen (secondary N) is 3. The summed E-state index contributed by atoms with van der Waals surface area (Å²) in [6.07, 6.45) is 4.74. The molecule has 0 atom stereocenters. The van der Waals surface area contributed by atoms with E-state index < -0.39 is 11.8 Å². The predicted octanol–water partition coefficient (Wildman–Crippen LogP) is 1.72. The zero-order chi connectivity index (χ0) is 16.1. The molecule has 0 aromatic carbocycles. The van der Waals surface area contributed by atoms with Crippen LogP contribution in [0.5, 0.6) is 0 Å². The molecular weight excluding hydrogens is 266 g/mol. The number of hydrogen-bond donors (Lipinski definition) is 3. The van der Waals surface area contributed by atoms with Crippen molar-refractivity contribution in [1.29, 1.82) is 0 Å². The van der Waals surface area contributed by atoms with E-state index in [0.29, 0.717) is 6.54 Å². The minimum absolute atomic E-state index is 0.0325. The van der Waals surface area contributed by atoms with E-state index >= 15 is 0 Å². The summed E-state index contributed by atoms with van der Waals surface area (Å²) in [7, 11) is 0. The van der Waals surface area contributed by atoms with Gasteiger partial charge in [-0.2, -0.15) is 0 Å². The summed E-state index contributed by atoms with van der Waals surface area (Å²) in [4.78, 5) is 23.7. The molecule has 0 spiro atoms. The number of piperidine rings is 1. The standard InChI is InChI=1S/C16H31N3O2/c1-6-7-8-9-17-13(20)14(21)18-12-10-15(2,3)19-16(4,5)11-12/h12,19H,6-11H2,1-5H3,(H,17,20)(H,18,21). The van der Waals surface area contributed by atoms with Crippen LogP contribution in [0.1, 0.15) is 66.7 Å². The second-order valence-corrected chi connectivity index (χ2v) is 7.43. The van der Waals surface area contributed by atoms with Gasteiger partial charge in [0.2, 0.25) is 0 Å². The molecule has 2 amide bonds. The van der Waals surface area contributed by atoms with Crippen molar-refractivity contribution in [1.82, 2.24) is 16.0 Å². The second-order valence-electron chi connectivity index (χ2n) is 7.43. The highest BCUT2D eigenvalue weighted by Gasteiger charge is 2.38. The van der Waals surface area contributed by atoms with Crippen LogP contribution < -0.4 is 16.0 Å². The molecular formula is C16H31N3O2. The summed E-state index contributed by atoms with van der Waals surface area (Å²) in [6.45, 7) is 11.2. The third-order valence-corrected chi connectivity index (χ3v) is 3.80. The third kappa shape index (κ3) is 6.46. The van der Waals surface area contributed by atoms with Crippen LogP contribution in [-0.4, -0.2) is 35.5 Å². The number of unbranched alkanes of at least 4 members (excludes halogenated alkanes) is 2. The van der Waals surface area contributed by atoms with Gasteiger partial charge in [0.25, 0.3) is 0 Å². The van der Waals surface area contributed by atoms with Gasteiger partial charge in [0, 0.05) is 23.7 Å². The predicted molar refractivity (Wildman–Crippen MR) is 85.0 cm³/mol. The Hall–Kier alpha value is -1.10. The van der Waals surface area contributed by atoms with Gasteiger partial charge in [-0.05, 0) is 47.0 Å². The molecule has 1 aliphatic rings. The van der Waals surface area contributed by atoms with Gasteiger partial charge in [-0.1, -0.05) is 19.8 Å². The highest BCUT2D eigenvalue weighted by atomic mass is 16.2. The molecule has 5 nitrogen and oxygen atoms in total. The molecule has 0 saturated carbocycles. The van der Waals surface area contributed by atoms with Crippen molar-refractivity contribution < 1.29 is 9.59 Å². The van der Waals surface area contributed by atoms with Crippen molar-refractivity contribution in [3.05, 3.63) is 0 Å². The molecule has 21 heavy (non-hydrogen) atoms. The van der Waals surface area contributed by atoms with Crippen LogP contribution in [0, 0.1) is 0 Å². The maximum absolute atomic E-state index is 12.0. The first kappa shape index (κ1) is 18.0. The molecule has 0 aromatic heterocycles. The van der Waals surface area contributed by atoms with Gasteiger partial charge in [0.15, 0.2) is 0 Å². The Morgan fingerprint density at radius 2 is 1.62 bits per heavy atom. The number of carbonyl (C=O) groups is 2. The van der Waals surface area contributed by atoms with E-state index in [1.807, 2.05) is 0 Å². The Kier molecular flexibility index (Phi) is 6.20. The monoisotopic (exact) mass is 297 g/mol. The van der Waals surface area contributed by atoms with Gasteiger partial charge in [-0.15, -0.1) is 0 Å². The van der Waals surface area contributed by atoms with E-state index in [0.717, 1.165) is 32.1 Å². The second kappa shape index (κ2) is 7.25. The molecule has 0 radical (unpaired) electrons. The Balaban J connectivity index is 2.44. The van der Waals surface area contributed by atoms with Crippen LogP contribution in [0.2, 0.25) is 0 Å². The highest BCUT2D eigenvalue weighted by molar-refractivity contribution is 6.35. The van der Waals surface area contributed by atoms with Crippen molar-refractivity contribution in [2.75, 3.05) is 6.54 Å². The zero-order valence-electron chi connectivity index (χ0n) is 14.1. The van der Waals surface area contributed by atoms with E-state index in [9.17, 15) is 9.59 Å². The van der Waals surface area contributed by atoms with Crippen molar-refractivity contribution in [2.24, 2.45) is 0 Å². The lowest BCUT2D eigenvalue weighted by molar-refractivity contribution is -0.140. The maximum Gasteiger partial charge on any atom is 0.309 e. The average Bonchev–Trinajstić information content (AvgIpc) is 2.30. The number of hydrogen-bond acceptors (Lipinski definition) is 3. The molecule has 1 heterocycles. The van der Waals surface area contributed by atoms with Crippen LogP contribution in [-0.2, 0) is 9.59 Å². The summed E-state index contributed by atoms with van der Waals surface area (Å²) >= 11 is 0. The quantitative estimate of drug-likeness (QED) is 0.534. The number of rotatable bonds is 5. The van der Waals surface area contributed by atoms with Crippen LogP contribution in [0.4, 0.5) is 0 Å². The SMILES string of the molecule is CCCCCNC(=O)C(=O)NC1CC(C)(C)NC(C)(C)C1. The van der Waals surface area contributed by atoms with Crippen LogP contribution >= 0.6 is 0 Å². The summed E-state index contributed by atoms with van der Waals surface area (Å²) in [5.41, 5.74) is -0.0887. The van der Waals surface area contributed by atoms with Crippen molar-refractivity contribution in [2.45, 2.75) is 83.8 Å². The van der Waals surface area contributed by atoms with Gasteiger partial charge in [0.1, 0.15) is 0 Å². The molecule has 0 unspecified atom stereocenters. The molecule has 1 rings (SSSR count). The highest BCUT2D eigenvalue weighted by Crippen LogP contribution is 2.28. The lowest BCUT2D eigenvalue weighted by Crippen LogP contribution is -2.62. The molecule has 1 fully saturated rings. The average molecular weight is 297 g/mol. The minimum atomic E-state index is -0.514. The third-order valence-electron chi connectivity index (χ3n) is 3.80. The zero-order valence-corrected chi connectivity index (χ0v) is 14.1. The summed E-state index contributed by atoms with van der Waals surface area (Å²) < 4.78 is 0. The summed E-state index contributed by atoms with van der Waals surface area (Å²) in [6, 6.07) is 0.0325. The molecule has 1 aliphatic heterocycles. The molecule has 5 heteroatoms. The largest absolute Gasteiger partial charge is 0.348 e. The molecule has 1 saturated heterocycles. The van der Waals surface area contributed by atoms with Crippen LogP contribution in [0.3, 0.4) is 0 Å². The Labute approximate surface area is 128 Å². The Morgan fingerprint density at radius 1 is 1.05 bits per heavy atom. The van der Waals surface area contributed by atoms with Crippen LogP contribution in [0.15, 0.2) is 0 Å². The smallest absolute Gasteiger partial charge is 0.309 e. The number of amides is 2. The van der Waals surface area contributed by atoms with Crippen molar-refractivity contribution >= 4 is 11.8 Å². The molecule has 122 valence electrons. The molecule has 0 aromatic rings. The van der Waals surface area contributed by atoms with E-state index in [4.69, 9.17) is 0 Å². The van der Waals surface area contributed by atoms with Gasteiger partial charge < -0.3 is 16.0 Å². The first-order valence-corrected chi connectivity index (χ1v) is 8.03. The number of carbonyl (C=O) groups excluding carboxylic acids is 2. The lowest BCUT2D eigenvalue weighted by Gasteiger charge is -2.46. The fourth-order valence-electron chi connectivity index (χ4n) is 3.33. The maximum atomic E-state index is 12.0. The first-order valence-electron chi connectivity index (χ1n) is 8.03. The Bertz CT molecular complexity index is 362. The summed E-state index contributed by atoms with van der Waals surface area (Å²) in [5.74, 6) is -1.02. The fourth-order valence-corrected chi connectivity index (χ4v) is 3.33. The lowest BCUT2D eigenvalue weighted by atomic mass is 9.79. The fraction of sp³-hybridized carbons (Fsp3) is 0.875. The Morgan fingerprint density at radius 3 is 2.14 bits per heavy atom. The normalized spacial score (nSPS) is 20.8. The van der Waals surface area contributed by atoms with Crippen molar-refractivity contribution in [3.8, 4) is 0 Å². The van der Waals surface area contributed by atoms with E-state index in [-0.39, 0.29) is 17.1 Å². The minimum Gasteiger partial charge on any atom is -0.348 e. The van der Waals surface area contributed by atoms with Crippen molar-refractivity contribution in [3.63, 3.8) is 0 Å². The van der Waals surface area contributed by atoms with E-state index in [2.05, 4.69) is 50.6 Å².